The predicted octanol–water partition coefficient (Wildman–Crippen LogP) is 3.16. The van der Waals surface area contributed by atoms with E-state index in [0.717, 1.165) is 0 Å². The summed E-state index contributed by atoms with van der Waals surface area (Å²) in [7, 11) is -3.59. The van der Waals surface area contributed by atoms with E-state index in [0.29, 0.717) is 15.4 Å². The highest BCUT2D eigenvalue weighted by Gasteiger charge is 2.23. The SMILES string of the molecule is O=S(=O)(c1ccccc1)c1[nH]nc2cccc(Br)c12. The summed E-state index contributed by atoms with van der Waals surface area (Å²) in [4.78, 5) is 0.247. The minimum absolute atomic E-state index is 0.112. The third-order valence-corrected chi connectivity index (χ3v) is 5.21. The number of aromatic amines is 1. The lowest BCUT2D eigenvalue weighted by Crippen LogP contribution is -2.02. The molecule has 6 heteroatoms. The van der Waals surface area contributed by atoms with Crippen LogP contribution in [0.5, 0.6) is 0 Å². The van der Waals surface area contributed by atoms with Gasteiger partial charge < -0.3 is 0 Å². The maximum atomic E-state index is 12.6. The van der Waals surface area contributed by atoms with Gasteiger partial charge in [-0.2, -0.15) is 5.10 Å². The summed E-state index contributed by atoms with van der Waals surface area (Å²) in [6, 6.07) is 13.7. The van der Waals surface area contributed by atoms with E-state index in [-0.39, 0.29) is 9.92 Å². The molecule has 0 spiro atoms. The van der Waals surface area contributed by atoms with Crippen molar-refractivity contribution in [2.45, 2.75) is 9.92 Å². The second-order valence-corrected chi connectivity index (χ2v) is 6.74. The molecular formula is C13H9BrN2O2S. The van der Waals surface area contributed by atoms with Gasteiger partial charge in [0.1, 0.15) is 0 Å². The first kappa shape index (κ1) is 12.4. The van der Waals surface area contributed by atoms with Gasteiger partial charge in [-0.3, -0.25) is 5.10 Å². The van der Waals surface area contributed by atoms with Crippen LogP contribution in [0.15, 0.2) is 62.9 Å². The Morgan fingerprint density at radius 1 is 1.00 bits per heavy atom. The summed E-state index contributed by atoms with van der Waals surface area (Å²) < 4.78 is 25.8. The number of nitrogens with one attached hydrogen (secondary N) is 1. The van der Waals surface area contributed by atoms with Gasteiger partial charge in [0.25, 0.3) is 0 Å². The molecule has 3 rings (SSSR count). The lowest BCUT2D eigenvalue weighted by Gasteiger charge is -2.03. The minimum Gasteiger partial charge on any atom is -0.266 e. The van der Waals surface area contributed by atoms with Crippen LogP contribution in [0.2, 0.25) is 0 Å². The number of H-pyrrole nitrogens is 1. The topological polar surface area (TPSA) is 62.8 Å². The highest BCUT2D eigenvalue weighted by atomic mass is 79.9. The van der Waals surface area contributed by atoms with Gasteiger partial charge in [0.2, 0.25) is 9.84 Å². The Kier molecular flexibility index (Phi) is 2.91. The fraction of sp³-hybridized carbons (Fsp3) is 0. The number of nitrogens with zero attached hydrogens (tertiary/aromatic N) is 1. The molecule has 0 fully saturated rings. The molecule has 1 N–H and O–H groups in total. The molecule has 19 heavy (non-hydrogen) atoms. The van der Waals surface area contributed by atoms with Crippen molar-refractivity contribution in [2.75, 3.05) is 0 Å². The molecule has 2 aromatic carbocycles. The average molecular weight is 337 g/mol. The van der Waals surface area contributed by atoms with Crippen LogP contribution >= 0.6 is 15.9 Å². The second-order valence-electron chi connectivity index (χ2n) is 4.00. The molecule has 0 saturated carbocycles. The smallest absolute Gasteiger partial charge is 0.223 e. The van der Waals surface area contributed by atoms with Gasteiger partial charge in [-0.05, 0) is 40.2 Å². The predicted molar refractivity (Wildman–Crippen MR) is 75.7 cm³/mol. The standard InChI is InChI=1S/C13H9BrN2O2S/c14-10-7-4-8-11-12(10)13(16-15-11)19(17,18)9-5-2-1-3-6-9/h1-8H,(H,15,16). The number of fused-ring (bicyclic) bond motifs is 1. The van der Waals surface area contributed by atoms with Crippen LogP contribution < -0.4 is 0 Å². The molecule has 0 atom stereocenters. The number of rotatable bonds is 2. The van der Waals surface area contributed by atoms with E-state index in [1.165, 1.54) is 0 Å². The average Bonchev–Trinajstić information content (AvgIpc) is 2.86. The normalized spacial score (nSPS) is 11.8. The van der Waals surface area contributed by atoms with Crippen molar-refractivity contribution < 1.29 is 8.42 Å². The van der Waals surface area contributed by atoms with Crippen molar-refractivity contribution in [3.05, 3.63) is 53.0 Å². The van der Waals surface area contributed by atoms with E-state index in [4.69, 9.17) is 0 Å². The fourth-order valence-corrected chi connectivity index (χ4v) is 3.99. The first-order valence-electron chi connectivity index (χ1n) is 5.53. The summed E-state index contributed by atoms with van der Waals surface area (Å²) in [5.74, 6) is 0. The van der Waals surface area contributed by atoms with Crippen LogP contribution in [0.25, 0.3) is 10.9 Å². The molecule has 0 saturated heterocycles. The van der Waals surface area contributed by atoms with Crippen LogP contribution in [0, 0.1) is 0 Å². The molecule has 0 amide bonds. The molecule has 4 nitrogen and oxygen atoms in total. The maximum Gasteiger partial charge on any atom is 0.223 e. The fourth-order valence-electron chi connectivity index (χ4n) is 1.91. The molecule has 3 aromatic rings. The lowest BCUT2D eigenvalue weighted by atomic mass is 10.3. The monoisotopic (exact) mass is 336 g/mol. The Bertz CT molecular complexity index is 841. The Hall–Kier alpha value is -1.66. The quantitative estimate of drug-likeness (QED) is 0.781. The Morgan fingerprint density at radius 2 is 1.74 bits per heavy atom. The maximum absolute atomic E-state index is 12.6. The van der Waals surface area contributed by atoms with Gasteiger partial charge in [-0.25, -0.2) is 8.42 Å². The molecule has 0 aliphatic heterocycles. The number of benzene rings is 2. The number of aromatic nitrogens is 2. The zero-order valence-electron chi connectivity index (χ0n) is 9.67. The van der Waals surface area contributed by atoms with Gasteiger partial charge in [0.15, 0.2) is 5.03 Å². The zero-order chi connectivity index (χ0) is 13.5. The molecule has 1 heterocycles. The number of halogens is 1. The summed E-state index contributed by atoms with van der Waals surface area (Å²) >= 11 is 3.37. The Balaban J connectivity index is 2.31. The molecular weight excluding hydrogens is 328 g/mol. The van der Waals surface area contributed by atoms with Crippen molar-refractivity contribution in [1.82, 2.24) is 10.2 Å². The number of hydrogen-bond donors (Lipinski definition) is 1. The largest absolute Gasteiger partial charge is 0.266 e. The second kappa shape index (κ2) is 4.47. The van der Waals surface area contributed by atoms with Gasteiger partial charge in [0.05, 0.1) is 15.8 Å². The molecule has 0 aliphatic rings. The molecule has 0 bridgehead atoms. The van der Waals surface area contributed by atoms with E-state index in [2.05, 4.69) is 26.1 Å². The summed E-state index contributed by atoms with van der Waals surface area (Å²) in [6.45, 7) is 0. The summed E-state index contributed by atoms with van der Waals surface area (Å²) in [5, 5.41) is 7.35. The zero-order valence-corrected chi connectivity index (χ0v) is 12.1. The van der Waals surface area contributed by atoms with E-state index < -0.39 is 9.84 Å². The Morgan fingerprint density at radius 3 is 2.47 bits per heavy atom. The lowest BCUT2D eigenvalue weighted by molar-refractivity contribution is 0.593. The summed E-state index contributed by atoms with van der Waals surface area (Å²) in [6.07, 6.45) is 0. The van der Waals surface area contributed by atoms with Crippen molar-refractivity contribution in [3.8, 4) is 0 Å². The van der Waals surface area contributed by atoms with Crippen LogP contribution in [0.4, 0.5) is 0 Å². The van der Waals surface area contributed by atoms with E-state index in [1.807, 2.05) is 6.07 Å². The van der Waals surface area contributed by atoms with Crippen LogP contribution in [-0.4, -0.2) is 18.6 Å². The third kappa shape index (κ3) is 1.97. The van der Waals surface area contributed by atoms with E-state index >= 15 is 0 Å². The van der Waals surface area contributed by atoms with Crippen molar-refractivity contribution in [2.24, 2.45) is 0 Å². The molecule has 0 unspecified atom stereocenters. The highest BCUT2D eigenvalue weighted by molar-refractivity contribution is 9.10. The molecule has 0 radical (unpaired) electrons. The van der Waals surface area contributed by atoms with Crippen molar-refractivity contribution >= 4 is 36.7 Å². The van der Waals surface area contributed by atoms with E-state index in [9.17, 15) is 8.42 Å². The number of sulfone groups is 1. The third-order valence-electron chi connectivity index (χ3n) is 2.82. The highest BCUT2D eigenvalue weighted by Crippen LogP contribution is 2.31. The van der Waals surface area contributed by atoms with E-state index in [1.54, 1.807) is 42.5 Å². The van der Waals surface area contributed by atoms with Gasteiger partial charge in [-0.15, -0.1) is 0 Å². The number of hydrogen-bond acceptors (Lipinski definition) is 3. The van der Waals surface area contributed by atoms with Crippen molar-refractivity contribution in [3.63, 3.8) is 0 Å². The summed E-state index contributed by atoms with van der Waals surface area (Å²) in [5.41, 5.74) is 0.615. The first-order chi connectivity index (χ1) is 9.10. The Labute approximate surface area is 118 Å². The van der Waals surface area contributed by atoms with Gasteiger partial charge in [-0.1, -0.05) is 24.3 Å². The van der Waals surface area contributed by atoms with Crippen LogP contribution in [-0.2, 0) is 9.84 Å². The molecule has 96 valence electrons. The van der Waals surface area contributed by atoms with Crippen molar-refractivity contribution in [1.29, 1.82) is 0 Å². The van der Waals surface area contributed by atoms with Crippen LogP contribution in [0.1, 0.15) is 0 Å². The van der Waals surface area contributed by atoms with Crippen LogP contribution in [0.3, 0.4) is 0 Å². The van der Waals surface area contributed by atoms with Gasteiger partial charge in [0, 0.05) is 4.47 Å². The van der Waals surface area contributed by atoms with Gasteiger partial charge >= 0.3 is 0 Å². The minimum atomic E-state index is -3.59. The first-order valence-corrected chi connectivity index (χ1v) is 7.81. The molecule has 1 aromatic heterocycles. The molecule has 0 aliphatic carbocycles.